The Morgan fingerprint density at radius 3 is 1.37 bits per heavy atom. The first kappa shape index (κ1) is 78.7. The van der Waals surface area contributed by atoms with E-state index in [1.54, 1.807) is 48.5 Å². The summed E-state index contributed by atoms with van der Waals surface area (Å²) in [6.07, 6.45) is -1.67. The van der Waals surface area contributed by atoms with Gasteiger partial charge in [0.25, 0.3) is 0 Å². The fourth-order valence-corrected chi connectivity index (χ4v) is 11.4. The maximum Gasteiger partial charge on any atom is 0.409 e. The minimum atomic E-state index is -1.56. The normalized spacial score (nSPS) is 28.4. The molecule has 2 aliphatic rings. The van der Waals surface area contributed by atoms with Crippen molar-refractivity contribution in [1.82, 2.24) is 55.1 Å². The predicted octanol–water partition coefficient (Wildman–Crippen LogP) is 4.12. The fourth-order valence-electron chi connectivity index (χ4n) is 11.4. The molecule has 498 valence electrons. The van der Waals surface area contributed by atoms with E-state index in [0.29, 0.717) is 0 Å². The van der Waals surface area contributed by atoms with E-state index in [-0.39, 0.29) is 76.2 Å². The summed E-state index contributed by atoms with van der Waals surface area (Å²) < 4.78 is 5.89. The molecule has 0 unspecified atom stereocenters. The van der Waals surface area contributed by atoms with Gasteiger partial charge in [0.05, 0.1) is 12.6 Å². The summed E-state index contributed by atoms with van der Waals surface area (Å²) in [5, 5.41) is 8.40. The highest BCUT2D eigenvalue weighted by Crippen LogP contribution is 2.28. The summed E-state index contributed by atoms with van der Waals surface area (Å²) in [6.45, 7) is 27.9. The van der Waals surface area contributed by atoms with Crippen LogP contribution in [0.15, 0.2) is 0 Å². The molecule has 24 nitrogen and oxygen atoms in total. The zero-order valence-corrected chi connectivity index (χ0v) is 56.4. The third-order valence-corrected chi connectivity index (χ3v) is 16.7. The van der Waals surface area contributed by atoms with Crippen LogP contribution in [0.4, 0.5) is 4.79 Å². The number of ether oxygens (including phenoxy) is 1. The lowest BCUT2D eigenvalue weighted by Gasteiger charge is -2.44. The van der Waals surface area contributed by atoms with Gasteiger partial charge in [0.1, 0.15) is 54.4 Å². The molecule has 87 heavy (non-hydrogen) atoms. The first-order valence-electron chi connectivity index (χ1n) is 30.8. The van der Waals surface area contributed by atoms with Crippen LogP contribution in [0.2, 0.25) is 0 Å². The number of carbonyl (C=O) groups is 12. The molecule has 0 aromatic rings. The summed E-state index contributed by atoms with van der Waals surface area (Å²) in [5.74, 6) is -10.2. The van der Waals surface area contributed by atoms with Crippen LogP contribution in [-0.4, -0.2) is 240 Å². The van der Waals surface area contributed by atoms with Crippen LogP contribution in [0.5, 0.6) is 0 Å². The number of likely N-dealkylation sites (N-methyl/N-ethyl adjacent to an activating group) is 7. The minimum absolute atomic E-state index is 0. The van der Waals surface area contributed by atoms with Crippen LogP contribution in [0, 0.1) is 47.3 Å². The van der Waals surface area contributed by atoms with Gasteiger partial charge in [-0.3, -0.25) is 52.7 Å². The average molecular weight is 1230 g/mol. The second-order valence-corrected chi connectivity index (χ2v) is 26.9. The molecule has 0 aromatic carbocycles. The molecule has 2 aliphatic heterocycles. The summed E-state index contributed by atoms with van der Waals surface area (Å²) in [5.41, 5.74) is 0. The van der Waals surface area contributed by atoms with E-state index in [1.165, 1.54) is 92.7 Å². The molecule has 2 fully saturated rings. The third kappa shape index (κ3) is 20.9. The maximum atomic E-state index is 15.3. The summed E-state index contributed by atoms with van der Waals surface area (Å²) >= 11 is 0. The molecule has 0 aliphatic carbocycles. The first-order valence-corrected chi connectivity index (χ1v) is 30.8. The molecule has 0 radical (unpaired) electrons. The molecule has 11 amide bonds. The van der Waals surface area contributed by atoms with Crippen molar-refractivity contribution in [1.29, 1.82) is 0 Å². The van der Waals surface area contributed by atoms with Gasteiger partial charge >= 0.3 is 6.09 Å². The van der Waals surface area contributed by atoms with Crippen LogP contribution < -0.4 is 16.0 Å². The van der Waals surface area contributed by atoms with Gasteiger partial charge in [0.15, 0.2) is 5.78 Å². The molecule has 0 spiro atoms. The third-order valence-electron chi connectivity index (χ3n) is 16.7. The van der Waals surface area contributed by atoms with Gasteiger partial charge < -0.3 is 59.9 Å². The van der Waals surface area contributed by atoms with E-state index >= 15 is 14.4 Å². The Morgan fingerprint density at radius 1 is 0.471 bits per heavy atom. The zero-order valence-electron chi connectivity index (χ0n) is 56.4. The van der Waals surface area contributed by atoms with Crippen LogP contribution in [0.1, 0.15) is 157 Å². The van der Waals surface area contributed by atoms with Crippen molar-refractivity contribution in [3.63, 3.8) is 0 Å². The van der Waals surface area contributed by atoms with E-state index in [0.717, 1.165) is 9.80 Å². The van der Waals surface area contributed by atoms with Crippen molar-refractivity contribution in [2.75, 3.05) is 69.5 Å². The van der Waals surface area contributed by atoms with Gasteiger partial charge in [-0.25, -0.2) is 4.79 Å². The van der Waals surface area contributed by atoms with Crippen molar-refractivity contribution < 1.29 is 62.3 Å². The summed E-state index contributed by atoms with van der Waals surface area (Å²) in [7, 11) is 11.5. The molecule has 3 N–H and O–H groups in total. The standard InChI is InChI=1S/C62H109N11O13.CH4/c1-25-42-57(80)66(17)32-48(75)68(19)43(26-33(2)3)54(77)65-49(37(10)11)60(83)69(20)44(27-34(4)5)53(76)63-41(16)47(74)30-39(14)56(79)70(21)45(28-35(6)7)58(81)71(22)46(29-36(8)9)59(82)72(23)50(38(12)13)61(84)73(24)51(55(78)64-42)52-40(15)31-67(18)62(85)86-52;/h33-46,49-52H,25-32H2,1-24H3,(H,63,76)(H,64,78)(H,65,77);1H4/t39-,40-,41-,42-,43+,44-,45-,46-,49-,50-,51-,52-;/m1./s1. The molecule has 2 saturated heterocycles. The van der Waals surface area contributed by atoms with Crippen molar-refractivity contribution >= 4 is 70.9 Å². The van der Waals surface area contributed by atoms with Gasteiger partial charge in [-0.1, -0.05) is 111 Å². The van der Waals surface area contributed by atoms with Gasteiger partial charge in [0.2, 0.25) is 59.1 Å². The zero-order chi connectivity index (χ0) is 66.4. The average Bonchev–Trinajstić information content (AvgIpc) is 2.99. The summed E-state index contributed by atoms with van der Waals surface area (Å²) in [6, 6.07) is -10.9. The first-order chi connectivity index (χ1) is 39.6. The van der Waals surface area contributed by atoms with Gasteiger partial charge in [-0.05, 0) is 74.5 Å². The fraction of sp³-hybridized carbons (Fsp3) is 0.810. The van der Waals surface area contributed by atoms with Crippen LogP contribution in [0.25, 0.3) is 0 Å². The Morgan fingerprint density at radius 2 is 0.908 bits per heavy atom. The molecule has 0 aromatic heterocycles. The molecule has 2 rings (SSSR count). The lowest BCUT2D eigenvalue weighted by atomic mass is 9.92. The maximum absolute atomic E-state index is 15.3. The number of ketones is 1. The molecule has 2 heterocycles. The topological polar surface area (TPSA) is 276 Å². The number of carbonyl (C=O) groups excluding carboxylic acids is 12. The Hall–Kier alpha value is -6.36. The number of nitrogens with one attached hydrogen (secondary N) is 3. The van der Waals surface area contributed by atoms with E-state index in [2.05, 4.69) is 16.0 Å². The van der Waals surface area contributed by atoms with Gasteiger partial charge in [0, 0.05) is 81.2 Å². The Labute approximate surface area is 520 Å². The summed E-state index contributed by atoms with van der Waals surface area (Å²) in [4.78, 5) is 184. The Kier molecular flexibility index (Phi) is 31.1. The molecule has 24 heteroatoms. The van der Waals surface area contributed by atoms with Gasteiger partial charge in [-0.2, -0.15) is 0 Å². The smallest absolute Gasteiger partial charge is 0.409 e. The number of hydrogen-bond acceptors (Lipinski definition) is 13. The van der Waals surface area contributed by atoms with E-state index in [4.69, 9.17) is 4.74 Å². The minimum Gasteiger partial charge on any atom is -0.443 e. The highest BCUT2D eigenvalue weighted by molar-refractivity contribution is 5.99. The second kappa shape index (κ2) is 34.4. The molecular formula is C63H113N11O13. The van der Waals surface area contributed by atoms with Crippen molar-refractivity contribution in [3.8, 4) is 0 Å². The van der Waals surface area contributed by atoms with Crippen molar-refractivity contribution in [3.05, 3.63) is 0 Å². The molecule has 12 atom stereocenters. The highest BCUT2D eigenvalue weighted by atomic mass is 16.6. The van der Waals surface area contributed by atoms with E-state index < -0.39 is 162 Å². The van der Waals surface area contributed by atoms with Gasteiger partial charge in [-0.15, -0.1) is 0 Å². The highest BCUT2D eigenvalue weighted by Gasteiger charge is 2.48. The number of nitrogens with zero attached hydrogens (tertiary/aromatic N) is 8. The molecular weight excluding hydrogens is 1120 g/mol. The Bertz CT molecular complexity index is 2420. The monoisotopic (exact) mass is 1230 g/mol. The van der Waals surface area contributed by atoms with E-state index in [1.807, 2.05) is 55.4 Å². The van der Waals surface area contributed by atoms with Crippen molar-refractivity contribution in [2.45, 2.75) is 217 Å². The molecule has 0 saturated carbocycles. The Balaban J connectivity index is 0.0000378. The largest absolute Gasteiger partial charge is 0.443 e. The number of amides is 11. The lowest BCUT2D eigenvalue weighted by Crippen LogP contribution is -2.65. The van der Waals surface area contributed by atoms with E-state index in [9.17, 15) is 43.2 Å². The van der Waals surface area contributed by atoms with Crippen molar-refractivity contribution in [2.24, 2.45) is 47.3 Å². The lowest BCUT2D eigenvalue weighted by molar-refractivity contribution is -0.158. The number of Topliss-reactive ketones (excluding diaryl/α,β-unsaturated/α-hetero) is 1. The SMILES string of the molecule is C.CC[C@H]1NC(=O)[C@@H]([C@@H]2OC(=O)N(C)C[C@H]2C)N(C)C(=O)[C@@H](C(C)C)N(C)C(=O)[C@@H](CC(C)C)N(C)C(=O)[C@@H](CC(C)C)N(C)C(=O)[C@H](C)CC(=O)[C@@H](C)NC(=O)[C@@H](CC(C)C)N(C)C(=O)[C@@H](C(C)C)NC(=O)[C@H](CC(C)C)N(C)C(=O)CN(C)C1=O. The molecule has 0 bridgehead atoms. The number of hydrogen-bond donors (Lipinski definition) is 3. The van der Waals surface area contributed by atoms with Crippen LogP contribution in [-0.2, 0) is 57.5 Å². The van der Waals surface area contributed by atoms with Crippen LogP contribution in [0.3, 0.4) is 0 Å². The second-order valence-electron chi connectivity index (χ2n) is 26.9. The number of rotatable bonds is 12. The quantitative estimate of drug-likeness (QED) is 0.248. The van der Waals surface area contributed by atoms with Crippen LogP contribution >= 0.6 is 0 Å². The predicted molar refractivity (Wildman–Crippen MR) is 334 cm³/mol. The number of cyclic esters (lactones) is 1.